The Morgan fingerprint density at radius 1 is 1.58 bits per heavy atom. The fraction of sp³-hybridized carbons (Fsp3) is 0.556. The molecule has 3 heteroatoms. The molecular formula is C9H16BrNO. The smallest absolute Gasteiger partial charge is 0.127 e. The van der Waals surface area contributed by atoms with E-state index in [9.17, 15) is 0 Å². The summed E-state index contributed by atoms with van der Waals surface area (Å²) < 4.78 is 5.83. The van der Waals surface area contributed by atoms with Crippen molar-refractivity contribution in [2.45, 2.75) is 19.9 Å². The fourth-order valence-electron chi connectivity index (χ4n) is 0.497. The summed E-state index contributed by atoms with van der Waals surface area (Å²) in [5.74, 6) is 0.641. The minimum atomic E-state index is 0.474. The number of hydrogen-bond acceptors (Lipinski definition) is 2. The van der Waals surface area contributed by atoms with Gasteiger partial charge >= 0.3 is 0 Å². The van der Waals surface area contributed by atoms with Gasteiger partial charge in [-0.1, -0.05) is 6.58 Å². The largest absolute Gasteiger partial charge is 0.496 e. The van der Waals surface area contributed by atoms with E-state index in [0.717, 1.165) is 4.48 Å². The highest BCUT2D eigenvalue weighted by Crippen LogP contribution is 2.16. The Labute approximate surface area is 83.0 Å². The first-order valence-electron chi connectivity index (χ1n) is 3.81. The Bertz CT molecular complexity index is 187. The van der Waals surface area contributed by atoms with Crippen molar-refractivity contribution in [1.82, 2.24) is 4.90 Å². The van der Waals surface area contributed by atoms with E-state index < -0.39 is 0 Å². The minimum absolute atomic E-state index is 0.474. The number of ether oxygens (including phenoxy) is 1. The van der Waals surface area contributed by atoms with Crippen LogP contribution in [0.4, 0.5) is 0 Å². The van der Waals surface area contributed by atoms with E-state index in [4.69, 9.17) is 4.74 Å². The van der Waals surface area contributed by atoms with Crippen LogP contribution < -0.4 is 0 Å². The third kappa shape index (κ3) is 3.81. The minimum Gasteiger partial charge on any atom is -0.496 e. The quantitative estimate of drug-likeness (QED) is 0.547. The van der Waals surface area contributed by atoms with Gasteiger partial charge in [-0.2, -0.15) is 0 Å². The van der Waals surface area contributed by atoms with Crippen molar-refractivity contribution >= 4 is 15.9 Å². The molecule has 0 spiro atoms. The van der Waals surface area contributed by atoms with Crippen molar-refractivity contribution in [2.24, 2.45) is 0 Å². The molecule has 0 radical (unpaired) electrons. The molecule has 0 aromatic rings. The van der Waals surface area contributed by atoms with Crippen molar-refractivity contribution in [1.29, 1.82) is 0 Å². The molecule has 12 heavy (non-hydrogen) atoms. The normalized spacial score (nSPS) is 11.7. The van der Waals surface area contributed by atoms with Gasteiger partial charge in [0, 0.05) is 19.3 Å². The van der Waals surface area contributed by atoms with Crippen molar-refractivity contribution in [3.05, 3.63) is 23.0 Å². The van der Waals surface area contributed by atoms with E-state index >= 15 is 0 Å². The van der Waals surface area contributed by atoms with E-state index in [-0.39, 0.29) is 0 Å². The summed E-state index contributed by atoms with van der Waals surface area (Å²) in [6, 6.07) is 0.474. The second kappa shape index (κ2) is 5.25. The maximum atomic E-state index is 4.96. The second-order valence-corrected chi connectivity index (χ2v) is 3.72. The Kier molecular flexibility index (Phi) is 5.06. The maximum absolute atomic E-state index is 4.96. The van der Waals surface area contributed by atoms with Crippen molar-refractivity contribution in [3.63, 3.8) is 0 Å². The van der Waals surface area contributed by atoms with E-state index in [2.05, 4.69) is 41.3 Å². The van der Waals surface area contributed by atoms with Gasteiger partial charge in [0.15, 0.2) is 0 Å². The van der Waals surface area contributed by atoms with E-state index in [1.165, 1.54) is 0 Å². The molecule has 2 nitrogen and oxygen atoms in total. The zero-order valence-corrected chi connectivity index (χ0v) is 9.68. The molecule has 0 N–H and O–H groups in total. The number of halogens is 1. The highest BCUT2D eigenvalue weighted by molar-refractivity contribution is 9.11. The van der Waals surface area contributed by atoms with Crippen LogP contribution in [0.3, 0.4) is 0 Å². The molecule has 0 bridgehead atoms. The third-order valence-corrected chi connectivity index (χ3v) is 2.29. The van der Waals surface area contributed by atoms with Crippen LogP contribution in [0.1, 0.15) is 13.8 Å². The third-order valence-electron chi connectivity index (χ3n) is 1.64. The van der Waals surface area contributed by atoms with Gasteiger partial charge in [0.05, 0.1) is 11.6 Å². The van der Waals surface area contributed by atoms with E-state index in [1.807, 2.05) is 13.2 Å². The molecule has 0 aromatic heterocycles. The predicted molar refractivity (Wildman–Crippen MR) is 56.1 cm³/mol. The van der Waals surface area contributed by atoms with Crippen LogP contribution >= 0.6 is 15.9 Å². The summed E-state index contributed by atoms with van der Waals surface area (Å²) in [6.45, 7) is 7.96. The summed E-state index contributed by atoms with van der Waals surface area (Å²) >= 11 is 3.37. The first-order chi connectivity index (χ1) is 5.49. The van der Waals surface area contributed by atoms with Crippen LogP contribution in [0, 0.1) is 0 Å². The molecule has 0 heterocycles. The molecule has 0 saturated carbocycles. The zero-order valence-electron chi connectivity index (χ0n) is 8.10. The van der Waals surface area contributed by atoms with Crippen LogP contribution in [0.15, 0.2) is 23.0 Å². The zero-order chi connectivity index (χ0) is 9.72. The molecule has 70 valence electrons. The Balaban J connectivity index is 4.25. The van der Waals surface area contributed by atoms with Gasteiger partial charge in [-0.05, 0) is 29.8 Å². The molecule has 0 amide bonds. The topological polar surface area (TPSA) is 12.5 Å². The highest BCUT2D eigenvalue weighted by atomic mass is 79.9. The van der Waals surface area contributed by atoms with Gasteiger partial charge in [0.2, 0.25) is 0 Å². The van der Waals surface area contributed by atoms with Gasteiger partial charge in [-0.25, -0.2) is 0 Å². The second-order valence-electron chi connectivity index (χ2n) is 2.86. The number of rotatable bonds is 4. The monoisotopic (exact) mass is 233 g/mol. The maximum Gasteiger partial charge on any atom is 0.127 e. The highest BCUT2D eigenvalue weighted by Gasteiger charge is 2.02. The fourth-order valence-corrected chi connectivity index (χ4v) is 0.982. The van der Waals surface area contributed by atoms with Gasteiger partial charge in [0.25, 0.3) is 0 Å². The SMILES string of the molecule is C=C(OC)/C(Br)=C\N(C)C(C)C. The summed E-state index contributed by atoms with van der Waals surface area (Å²) in [5.41, 5.74) is 0. The molecular weight excluding hydrogens is 218 g/mol. The van der Waals surface area contributed by atoms with Crippen LogP contribution in [-0.4, -0.2) is 25.1 Å². The van der Waals surface area contributed by atoms with Crippen molar-refractivity contribution in [2.75, 3.05) is 14.2 Å². The van der Waals surface area contributed by atoms with Gasteiger partial charge in [-0.15, -0.1) is 0 Å². The molecule has 0 unspecified atom stereocenters. The molecule has 0 fully saturated rings. The number of allylic oxidation sites excluding steroid dienone is 1. The number of nitrogens with zero attached hydrogens (tertiary/aromatic N) is 1. The predicted octanol–water partition coefficient (Wildman–Crippen LogP) is 2.72. The first kappa shape index (κ1) is 11.6. The standard InChI is InChI=1S/C9H16BrNO/c1-7(2)11(4)6-9(10)8(3)12-5/h6-7H,3H2,1-2,4-5H3/b9-6+. The molecule has 0 aliphatic heterocycles. The summed E-state index contributed by atoms with van der Waals surface area (Å²) in [6.07, 6.45) is 1.95. The number of methoxy groups -OCH3 is 1. The lowest BCUT2D eigenvalue weighted by Crippen LogP contribution is -2.20. The van der Waals surface area contributed by atoms with Crippen LogP contribution in [-0.2, 0) is 4.74 Å². The van der Waals surface area contributed by atoms with Gasteiger partial charge in [0.1, 0.15) is 5.76 Å². The van der Waals surface area contributed by atoms with Gasteiger partial charge < -0.3 is 9.64 Å². The lowest BCUT2D eigenvalue weighted by molar-refractivity contribution is 0.303. The lowest BCUT2D eigenvalue weighted by atomic mass is 10.3. The molecule has 0 saturated heterocycles. The molecule has 0 aliphatic rings. The molecule has 0 atom stereocenters. The average molecular weight is 234 g/mol. The van der Waals surface area contributed by atoms with Crippen molar-refractivity contribution in [3.8, 4) is 0 Å². The Morgan fingerprint density at radius 2 is 2.08 bits per heavy atom. The lowest BCUT2D eigenvalue weighted by Gasteiger charge is -2.19. The molecule has 0 rings (SSSR count). The molecule has 0 aromatic carbocycles. The summed E-state index contributed by atoms with van der Waals surface area (Å²) in [4.78, 5) is 2.08. The molecule has 0 aliphatic carbocycles. The Morgan fingerprint density at radius 3 is 2.42 bits per heavy atom. The average Bonchev–Trinajstić information content (AvgIpc) is 2.02. The van der Waals surface area contributed by atoms with Crippen molar-refractivity contribution < 1.29 is 4.74 Å². The van der Waals surface area contributed by atoms with Crippen LogP contribution in [0.5, 0.6) is 0 Å². The van der Waals surface area contributed by atoms with Crippen LogP contribution in [0.25, 0.3) is 0 Å². The Hall–Kier alpha value is -0.440. The van der Waals surface area contributed by atoms with E-state index in [1.54, 1.807) is 7.11 Å². The van der Waals surface area contributed by atoms with Gasteiger partial charge in [-0.3, -0.25) is 0 Å². The van der Waals surface area contributed by atoms with Crippen LogP contribution in [0.2, 0.25) is 0 Å². The number of hydrogen-bond donors (Lipinski definition) is 0. The summed E-state index contributed by atoms with van der Waals surface area (Å²) in [5, 5.41) is 0. The van der Waals surface area contributed by atoms with E-state index in [0.29, 0.717) is 11.8 Å². The first-order valence-corrected chi connectivity index (χ1v) is 4.60. The summed E-state index contributed by atoms with van der Waals surface area (Å²) in [7, 11) is 3.61.